The van der Waals surface area contributed by atoms with Crippen LogP contribution in [0.25, 0.3) is 0 Å². The van der Waals surface area contributed by atoms with E-state index in [1.54, 1.807) is 12.0 Å². The number of aromatic amines is 1. The summed E-state index contributed by atoms with van der Waals surface area (Å²) in [6, 6.07) is 19.6. The van der Waals surface area contributed by atoms with Gasteiger partial charge in [-0.15, -0.1) is 0 Å². The Bertz CT molecular complexity index is 1300. The van der Waals surface area contributed by atoms with Gasteiger partial charge in [-0.1, -0.05) is 48.5 Å². The van der Waals surface area contributed by atoms with Crippen LogP contribution in [0, 0.1) is 11.3 Å². The fraction of sp³-hybridized carbons (Fsp3) is 0.200. The number of anilines is 1. The SMILES string of the molecule is COc1ccccc1C1C(C#N)=C(N)N(c2ncn[nH]2)C2=C1C(=O)CC(c1ccccc1)C2. The Morgan fingerprint density at radius 2 is 1.91 bits per heavy atom. The Balaban J connectivity index is 1.74. The highest BCUT2D eigenvalue weighted by Crippen LogP contribution is 2.50. The third-order valence-corrected chi connectivity index (χ3v) is 6.30. The maximum atomic E-state index is 13.7. The number of para-hydroxylation sites is 1. The number of allylic oxidation sites excluding steroid dienone is 3. The van der Waals surface area contributed by atoms with Gasteiger partial charge in [0.25, 0.3) is 0 Å². The summed E-state index contributed by atoms with van der Waals surface area (Å²) in [5, 5.41) is 16.9. The zero-order valence-electron chi connectivity index (χ0n) is 18.0. The van der Waals surface area contributed by atoms with E-state index in [1.807, 2.05) is 54.6 Å². The number of benzene rings is 2. The lowest BCUT2D eigenvalue weighted by atomic mass is 9.72. The molecule has 2 aromatic carbocycles. The first kappa shape index (κ1) is 20.5. The van der Waals surface area contributed by atoms with Crippen molar-refractivity contribution in [3.63, 3.8) is 0 Å². The lowest BCUT2D eigenvalue weighted by Gasteiger charge is -2.40. The number of nitrogens with two attached hydrogens (primary N) is 1. The summed E-state index contributed by atoms with van der Waals surface area (Å²) in [6.45, 7) is 0. The molecule has 5 rings (SSSR count). The van der Waals surface area contributed by atoms with E-state index in [0.717, 1.165) is 16.8 Å². The molecule has 1 aliphatic carbocycles. The van der Waals surface area contributed by atoms with Crippen LogP contribution in [0.1, 0.15) is 35.8 Å². The number of aromatic nitrogens is 3. The van der Waals surface area contributed by atoms with Crippen molar-refractivity contribution >= 4 is 11.7 Å². The van der Waals surface area contributed by atoms with Crippen LogP contribution in [0.3, 0.4) is 0 Å². The number of carbonyl (C=O) groups is 1. The second-order valence-electron chi connectivity index (χ2n) is 8.03. The second kappa shape index (κ2) is 8.28. The summed E-state index contributed by atoms with van der Waals surface area (Å²) < 4.78 is 5.58. The molecule has 2 heterocycles. The Kier molecular flexibility index (Phi) is 5.15. The minimum Gasteiger partial charge on any atom is -0.496 e. The first-order chi connectivity index (χ1) is 16.1. The summed E-state index contributed by atoms with van der Waals surface area (Å²) in [5.41, 5.74) is 9.96. The van der Waals surface area contributed by atoms with E-state index in [9.17, 15) is 10.1 Å². The van der Waals surface area contributed by atoms with Crippen molar-refractivity contribution in [1.82, 2.24) is 15.2 Å². The molecule has 0 bridgehead atoms. The first-order valence-corrected chi connectivity index (χ1v) is 10.6. The third-order valence-electron chi connectivity index (χ3n) is 6.30. The van der Waals surface area contributed by atoms with E-state index in [1.165, 1.54) is 6.33 Å². The molecule has 8 heteroatoms. The standard InChI is InChI=1S/C25H22N6O2/c1-33-21-10-6-5-9-17(21)22-18(13-26)24(27)31(25-28-14-29-30-25)19-11-16(12-20(32)23(19)22)15-7-3-2-4-8-15/h2-10,14,16,22H,11-12,27H2,1H3,(H,28,29,30). The van der Waals surface area contributed by atoms with Crippen LogP contribution in [-0.4, -0.2) is 28.1 Å². The van der Waals surface area contributed by atoms with Gasteiger partial charge in [0.1, 0.15) is 17.9 Å². The quantitative estimate of drug-likeness (QED) is 0.639. The van der Waals surface area contributed by atoms with Crippen LogP contribution in [-0.2, 0) is 4.79 Å². The molecule has 33 heavy (non-hydrogen) atoms. The van der Waals surface area contributed by atoms with Crippen LogP contribution < -0.4 is 15.4 Å². The number of nitriles is 1. The van der Waals surface area contributed by atoms with Crippen molar-refractivity contribution in [3.8, 4) is 11.8 Å². The summed E-state index contributed by atoms with van der Waals surface area (Å²) in [7, 11) is 1.57. The average molecular weight is 438 g/mol. The van der Waals surface area contributed by atoms with E-state index in [-0.39, 0.29) is 23.1 Å². The molecule has 0 spiro atoms. The van der Waals surface area contributed by atoms with E-state index in [0.29, 0.717) is 30.1 Å². The van der Waals surface area contributed by atoms with Gasteiger partial charge in [0.05, 0.1) is 24.7 Å². The average Bonchev–Trinajstić information content (AvgIpc) is 3.38. The van der Waals surface area contributed by atoms with Crippen molar-refractivity contribution < 1.29 is 9.53 Å². The smallest absolute Gasteiger partial charge is 0.231 e. The highest BCUT2D eigenvalue weighted by atomic mass is 16.5. The molecule has 3 N–H and O–H groups in total. The molecule has 0 saturated heterocycles. The van der Waals surface area contributed by atoms with E-state index >= 15 is 0 Å². The molecule has 1 aromatic heterocycles. The minimum absolute atomic E-state index is 0.0161. The molecule has 2 atom stereocenters. The predicted molar refractivity (Wildman–Crippen MR) is 122 cm³/mol. The highest BCUT2D eigenvalue weighted by Gasteiger charge is 2.44. The van der Waals surface area contributed by atoms with Crippen LogP contribution in [0.2, 0.25) is 0 Å². The van der Waals surface area contributed by atoms with Gasteiger partial charge in [-0.05, 0) is 24.0 Å². The molecule has 0 amide bonds. The Morgan fingerprint density at radius 3 is 2.61 bits per heavy atom. The number of hydrogen-bond donors (Lipinski definition) is 2. The molecule has 8 nitrogen and oxygen atoms in total. The number of hydrogen-bond acceptors (Lipinski definition) is 7. The fourth-order valence-corrected chi connectivity index (χ4v) is 4.85. The zero-order chi connectivity index (χ0) is 22.9. The predicted octanol–water partition coefficient (Wildman–Crippen LogP) is 3.51. The topological polar surface area (TPSA) is 121 Å². The van der Waals surface area contributed by atoms with Gasteiger partial charge in [-0.25, -0.2) is 5.10 Å². The summed E-state index contributed by atoms with van der Waals surface area (Å²) in [5.74, 6) is 0.534. The number of methoxy groups -OCH3 is 1. The molecule has 164 valence electrons. The van der Waals surface area contributed by atoms with Crippen LogP contribution >= 0.6 is 0 Å². The Hall–Kier alpha value is -4.38. The molecule has 0 saturated carbocycles. The number of ketones is 1. The molecule has 3 aromatic rings. The number of nitrogens with zero attached hydrogens (tertiary/aromatic N) is 4. The van der Waals surface area contributed by atoms with Gasteiger partial charge in [0.2, 0.25) is 5.95 Å². The van der Waals surface area contributed by atoms with Crippen molar-refractivity contribution in [2.24, 2.45) is 5.73 Å². The molecular weight excluding hydrogens is 416 g/mol. The van der Waals surface area contributed by atoms with Gasteiger partial charge in [0, 0.05) is 23.3 Å². The van der Waals surface area contributed by atoms with Gasteiger partial charge in [-0.2, -0.15) is 15.3 Å². The molecule has 1 aliphatic heterocycles. The highest BCUT2D eigenvalue weighted by molar-refractivity contribution is 6.01. The first-order valence-electron chi connectivity index (χ1n) is 10.6. The Labute approximate surface area is 191 Å². The van der Waals surface area contributed by atoms with Gasteiger partial charge < -0.3 is 10.5 Å². The molecule has 0 radical (unpaired) electrons. The second-order valence-corrected chi connectivity index (χ2v) is 8.03. The summed E-state index contributed by atoms with van der Waals surface area (Å²) in [6.07, 6.45) is 2.29. The zero-order valence-corrected chi connectivity index (χ0v) is 18.0. The number of ether oxygens (including phenoxy) is 1. The van der Waals surface area contributed by atoms with Crippen molar-refractivity contribution in [2.75, 3.05) is 12.0 Å². The van der Waals surface area contributed by atoms with E-state index in [2.05, 4.69) is 21.3 Å². The number of H-pyrrole nitrogens is 1. The Morgan fingerprint density at radius 1 is 1.15 bits per heavy atom. The number of Topliss-reactive ketones (excluding diaryl/α,β-unsaturated/α-hetero) is 1. The van der Waals surface area contributed by atoms with Crippen LogP contribution in [0.4, 0.5) is 5.95 Å². The number of carbonyl (C=O) groups excluding carboxylic acids is 1. The van der Waals surface area contributed by atoms with Gasteiger partial charge in [-0.3, -0.25) is 9.69 Å². The van der Waals surface area contributed by atoms with Crippen LogP contribution in [0.15, 0.2) is 83.6 Å². The molecule has 2 unspecified atom stereocenters. The lowest BCUT2D eigenvalue weighted by Crippen LogP contribution is -2.40. The van der Waals surface area contributed by atoms with Gasteiger partial charge >= 0.3 is 0 Å². The summed E-state index contributed by atoms with van der Waals surface area (Å²) >= 11 is 0. The van der Waals surface area contributed by atoms with Crippen molar-refractivity contribution in [2.45, 2.75) is 24.7 Å². The van der Waals surface area contributed by atoms with Crippen molar-refractivity contribution in [3.05, 3.63) is 94.7 Å². The minimum atomic E-state index is -0.621. The lowest BCUT2D eigenvalue weighted by molar-refractivity contribution is -0.116. The number of nitrogens with one attached hydrogen (secondary N) is 1. The van der Waals surface area contributed by atoms with Crippen molar-refractivity contribution in [1.29, 1.82) is 5.26 Å². The fourth-order valence-electron chi connectivity index (χ4n) is 4.85. The molecule has 2 aliphatic rings. The molecular formula is C25H22N6O2. The van der Waals surface area contributed by atoms with Gasteiger partial charge in [0.15, 0.2) is 5.78 Å². The maximum Gasteiger partial charge on any atom is 0.231 e. The van der Waals surface area contributed by atoms with E-state index in [4.69, 9.17) is 10.5 Å². The normalized spacial score (nSPS) is 20.5. The number of rotatable bonds is 4. The largest absolute Gasteiger partial charge is 0.496 e. The third kappa shape index (κ3) is 3.34. The van der Waals surface area contributed by atoms with E-state index < -0.39 is 5.92 Å². The van der Waals surface area contributed by atoms with Crippen LogP contribution in [0.5, 0.6) is 5.75 Å². The monoisotopic (exact) mass is 438 g/mol. The maximum absolute atomic E-state index is 13.7. The summed E-state index contributed by atoms with van der Waals surface area (Å²) in [4.78, 5) is 19.7. The molecule has 0 fully saturated rings.